The maximum Gasteiger partial charge on any atom is 0.338 e. The van der Waals surface area contributed by atoms with Gasteiger partial charge in [0.25, 0.3) is 0 Å². The monoisotopic (exact) mass is 401 g/mol. The Morgan fingerprint density at radius 2 is 1.75 bits per heavy atom. The van der Waals surface area contributed by atoms with Crippen molar-refractivity contribution >= 4 is 21.8 Å². The van der Waals surface area contributed by atoms with Crippen molar-refractivity contribution in [3.63, 3.8) is 0 Å². The molecule has 0 heterocycles. The van der Waals surface area contributed by atoms with Crippen LogP contribution in [0.5, 0.6) is 0 Å². The number of ether oxygens (including phenoxy) is 1. The molecular weight excluding hydrogens is 378 g/mol. The summed E-state index contributed by atoms with van der Waals surface area (Å²) in [5.41, 5.74) is 2.59. The Balaban J connectivity index is 1.72. The number of aryl methyl sites for hydroxylation is 2. The molecule has 6 nitrogen and oxygen atoms in total. The molecule has 0 aliphatic heterocycles. The summed E-state index contributed by atoms with van der Waals surface area (Å²) in [6.07, 6.45) is 0.650. The second-order valence-electron chi connectivity index (χ2n) is 7.13. The normalized spacial score (nSPS) is 15.1. The molecule has 0 amide bonds. The van der Waals surface area contributed by atoms with E-state index in [4.69, 9.17) is 4.74 Å². The first kappa shape index (κ1) is 20.2. The largest absolute Gasteiger partial charge is 0.451 e. The maximum absolute atomic E-state index is 12.5. The summed E-state index contributed by atoms with van der Waals surface area (Å²) in [5, 5.41) is 0. The first-order valence-electron chi connectivity index (χ1n) is 9.12. The number of hydrogen-bond acceptors (Lipinski definition) is 5. The van der Waals surface area contributed by atoms with Crippen LogP contribution in [0.2, 0.25) is 0 Å². The van der Waals surface area contributed by atoms with Gasteiger partial charge in [-0.05, 0) is 69.0 Å². The lowest BCUT2D eigenvalue weighted by molar-refractivity contribution is 0.0318. The van der Waals surface area contributed by atoms with Crippen LogP contribution in [-0.2, 0) is 14.8 Å². The van der Waals surface area contributed by atoms with Crippen LogP contribution in [0.1, 0.15) is 51.6 Å². The zero-order chi connectivity index (χ0) is 20.5. The van der Waals surface area contributed by atoms with E-state index >= 15 is 0 Å². The number of hydrogen-bond donors (Lipinski definition) is 1. The first-order chi connectivity index (χ1) is 13.2. The number of benzene rings is 2. The lowest BCUT2D eigenvalue weighted by Crippen LogP contribution is -2.26. The van der Waals surface area contributed by atoms with Crippen LogP contribution in [0.25, 0.3) is 0 Å². The van der Waals surface area contributed by atoms with Crippen molar-refractivity contribution in [2.75, 3.05) is 0 Å². The topological polar surface area (TPSA) is 89.5 Å². The smallest absolute Gasteiger partial charge is 0.338 e. The van der Waals surface area contributed by atoms with Gasteiger partial charge in [0.2, 0.25) is 15.8 Å². The highest BCUT2D eigenvalue weighted by molar-refractivity contribution is 7.89. The molecule has 1 saturated carbocycles. The molecule has 0 unspecified atom stereocenters. The van der Waals surface area contributed by atoms with Gasteiger partial charge in [-0.1, -0.05) is 18.2 Å². The molecule has 2 aromatic carbocycles. The van der Waals surface area contributed by atoms with Crippen LogP contribution in [-0.4, -0.2) is 32.3 Å². The molecule has 1 aliphatic carbocycles. The molecule has 1 fully saturated rings. The molecule has 1 N–H and O–H groups in total. The summed E-state index contributed by atoms with van der Waals surface area (Å²) in [7, 11) is -3.67. The highest BCUT2D eigenvalue weighted by Crippen LogP contribution is 2.23. The molecule has 28 heavy (non-hydrogen) atoms. The zero-order valence-corrected chi connectivity index (χ0v) is 16.9. The van der Waals surface area contributed by atoms with Crippen molar-refractivity contribution in [3.8, 4) is 0 Å². The minimum Gasteiger partial charge on any atom is -0.451 e. The zero-order valence-electron chi connectivity index (χ0n) is 16.1. The Kier molecular flexibility index (Phi) is 5.67. The lowest BCUT2D eigenvalue weighted by atomic mass is 10.0. The van der Waals surface area contributed by atoms with Crippen molar-refractivity contribution in [3.05, 3.63) is 64.7 Å². The second kappa shape index (κ2) is 7.85. The third-order valence-corrected chi connectivity index (χ3v) is 6.24. The van der Waals surface area contributed by atoms with E-state index in [1.807, 2.05) is 19.9 Å². The summed E-state index contributed by atoms with van der Waals surface area (Å²) in [4.78, 5) is 25.0. The van der Waals surface area contributed by atoms with Crippen LogP contribution >= 0.6 is 0 Å². The maximum atomic E-state index is 12.5. The van der Waals surface area contributed by atoms with Gasteiger partial charge in [0, 0.05) is 11.6 Å². The predicted molar refractivity (Wildman–Crippen MR) is 105 cm³/mol. The average molecular weight is 401 g/mol. The number of rotatable bonds is 7. The third kappa shape index (κ3) is 4.66. The highest BCUT2D eigenvalue weighted by atomic mass is 32.2. The van der Waals surface area contributed by atoms with Crippen LogP contribution in [0.15, 0.2) is 47.4 Å². The van der Waals surface area contributed by atoms with E-state index in [1.54, 1.807) is 12.1 Å². The fourth-order valence-corrected chi connectivity index (χ4v) is 4.04. The Morgan fingerprint density at radius 1 is 1.04 bits per heavy atom. The number of Topliss-reactive ketones (excluding diaryl/α,β-unsaturated/α-hetero) is 1. The summed E-state index contributed by atoms with van der Waals surface area (Å²) >= 11 is 0. The summed E-state index contributed by atoms with van der Waals surface area (Å²) in [6.45, 7) is 5.36. The van der Waals surface area contributed by atoms with Gasteiger partial charge in [-0.2, -0.15) is 0 Å². The van der Waals surface area contributed by atoms with Gasteiger partial charge in [0.1, 0.15) is 0 Å². The van der Waals surface area contributed by atoms with E-state index in [2.05, 4.69) is 4.72 Å². The molecule has 0 spiro atoms. The van der Waals surface area contributed by atoms with E-state index in [-0.39, 0.29) is 22.3 Å². The molecule has 148 valence electrons. The minimum atomic E-state index is -3.67. The Hall–Kier alpha value is -2.51. The quantitative estimate of drug-likeness (QED) is 0.569. The Bertz CT molecular complexity index is 1020. The van der Waals surface area contributed by atoms with E-state index in [9.17, 15) is 18.0 Å². The summed E-state index contributed by atoms with van der Waals surface area (Å²) in [6, 6.07) is 10.9. The van der Waals surface area contributed by atoms with Gasteiger partial charge in [-0.25, -0.2) is 17.9 Å². The van der Waals surface area contributed by atoms with Crippen molar-refractivity contribution in [1.82, 2.24) is 4.72 Å². The molecule has 0 bridgehead atoms. The number of sulfonamides is 1. The lowest BCUT2D eigenvalue weighted by Gasteiger charge is -2.14. The van der Waals surface area contributed by atoms with Gasteiger partial charge >= 0.3 is 5.97 Å². The predicted octanol–water partition coefficient (Wildman–Crippen LogP) is 3.17. The van der Waals surface area contributed by atoms with E-state index in [1.165, 1.54) is 31.2 Å². The number of esters is 1. The molecule has 1 atom stereocenters. The molecule has 0 aromatic heterocycles. The standard InChI is InChI=1S/C21H23NO5S/c1-13-7-8-16(11-14(13)2)20(23)15(3)27-21(24)17-5-4-6-19(12-17)28(25,26)22-18-9-10-18/h4-8,11-12,15,18,22H,9-10H2,1-3H3/t15-/m1/s1. The molecule has 3 rings (SSSR count). The SMILES string of the molecule is Cc1ccc(C(=O)[C@@H](C)OC(=O)c2cccc(S(=O)(=O)NC3CC3)c2)cc1C. The number of carbonyl (C=O) groups is 2. The van der Waals surface area contributed by atoms with Crippen molar-refractivity contribution in [2.24, 2.45) is 0 Å². The average Bonchev–Trinajstić information content (AvgIpc) is 3.46. The van der Waals surface area contributed by atoms with Crippen LogP contribution in [0.4, 0.5) is 0 Å². The Labute approximate surface area is 165 Å². The van der Waals surface area contributed by atoms with Crippen LogP contribution in [0, 0.1) is 13.8 Å². The molecule has 1 aliphatic rings. The second-order valence-corrected chi connectivity index (χ2v) is 8.85. The van der Waals surface area contributed by atoms with Gasteiger partial charge in [-0.15, -0.1) is 0 Å². The molecule has 7 heteroatoms. The van der Waals surface area contributed by atoms with E-state index in [0.29, 0.717) is 5.56 Å². The minimum absolute atomic E-state index is 0.00184. The van der Waals surface area contributed by atoms with Crippen LogP contribution in [0.3, 0.4) is 0 Å². The molecular formula is C21H23NO5S. The fraction of sp³-hybridized carbons (Fsp3) is 0.333. The van der Waals surface area contributed by atoms with E-state index < -0.39 is 22.1 Å². The van der Waals surface area contributed by atoms with Gasteiger partial charge in [0.15, 0.2) is 6.10 Å². The van der Waals surface area contributed by atoms with Crippen LogP contribution < -0.4 is 4.72 Å². The first-order valence-corrected chi connectivity index (χ1v) is 10.6. The van der Waals surface area contributed by atoms with Gasteiger partial charge in [-0.3, -0.25) is 4.79 Å². The Morgan fingerprint density at radius 3 is 2.39 bits per heavy atom. The van der Waals surface area contributed by atoms with Crippen molar-refractivity contribution in [1.29, 1.82) is 0 Å². The van der Waals surface area contributed by atoms with E-state index in [0.717, 1.165) is 24.0 Å². The number of ketones is 1. The van der Waals surface area contributed by atoms with Gasteiger partial charge < -0.3 is 4.74 Å². The molecule has 0 saturated heterocycles. The number of nitrogens with one attached hydrogen (secondary N) is 1. The summed E-state index contributed by atoms with van der Waals surface area (Å²) in [5.74, 6) is -1.05. The fourth-order valence-electron chi connectivity index (χ4n) is 2.69. The number of carbonyl (C=O) groups excluding carboxylic acids is 2. The van der Waals surface area contributed by atoms with Gasteiger partial charge in [0.05, 0.1) is 10.5 Å². The van der Waals surface area contributed by atoms with Crippen molar-refractivity contribution < 1.29 is 22.7 Å². The summed E-state index contributed by atoms with van der Waals surface area (Å²) < 4.78 is 32.5. The third-order valence-electron chi connectivity index (χ3n) is 4.72. The molecule has 0 radical (unpaired) electrons. The highest BCUT2D eigenvalue weighted by Gasteiger charge is 2.28. The van der Waals surface area contributed by atoms with Crippen molar-refractivity contribution in [2.45, 2.75) is 50.7 Å². The molecule has 2 aromatic rings.